The second kappa shape index (κ2) is 5.82. The molecule has 2 nitrogen and oxygen atoms in total. The number of thioether (sulfide) groups is 1. The molecule has 1 aromatic rings. The fraction of sp³-hybridized carbons (Fsp3) is 0.0769. The highest BCUT2D eigenvalue weighted by Crippen LogP contribution is 2.33. The van der Waals surface area contributed by atoms with Crippen LogP contribution in [-0.2, 0) is 4.79 Å². The van der Waals surface area contributed by atoms with Crippen LogP contribution in [0.1, 0.15) is 5.56 Å². The third-order valence-electron chi connectivity index (χ3n) is 2.38. The molecule has 1 amide bonds. The van der Waals surface area contributed by atoms with Crippen LogP contribution in [-0.4, -0.2) is 21.7 Å². The first-order chi connectivity index (χ1) is 8.63. The number of hydrogen-bond donors (Lipinski definition) is 0. The highest BCUT2D eigenvalue weighted by molar-refractivity contribution is 9.10. The van der Waals surface area contributed by atoms with Gasteiger partial charge in [-0.25, -0.2) is 0 Å². The molecule has 0 spiro atoms. The lowest BCUT2D eigenvalue weighted by molar-refractivity contribution is -0.121. The lowest BCUT2D eigenvalue weighted by Crippen LogP contribution is -2.27. The molecule has 0 unspecified atom stereocenters. The summed E-state index contributed by atoms with van der Waals surface area (Å²) in [7, 11) is 0. The van der Waals surface area contributed by atoms with E-state index in [-0.39, 0.29) is 5.91 Å². The van der Waals surface area contributed by atoms with Crippen molar-refractivity contribution in [3.63, 3.8) is 0 Å². The van der Waals surface area contributed by atoms with E-state index in [0.717, 1.165) is 10.0 Å². The van der Waals surface area contributed by atoms with E-state index in [0.29, 0.717) is 15.8 Å². The van der Waals surface area contributed by atoms with Gasteiger partial charge in [0.05, 0.1) is 4.91 Å². The highest BCUT2D eigenvalue weighted by atomic mass is 79.9. The Morgan fingerprint density at radius 3 is 2.83 bits per heavy atom. The molecule has 1 heterocycles. The van der Waals surface area contributed by atoms with Gasteiger partial charge in [-0.1, -0.05) is 64.2 Å². The maximum atomic E-state index is 12.1. The van der Waals surface area contributed by atoms with E-state index in [2.05, 4.69) is 22.5 Å². The predicted molar refractivity (Wildman–Crippen MR) is 84.2 cm³/mol. The fourth-order valence-corrected chi connectivity index (χ4v) is 3.19. The number of carbonyl (C=O) groups is 1. The highest BCUT2D eigenvalue weighted by Gasteiger charge is 2.30. The largest absolute Gasteiger partial charge is 0.289 e. The summed E-state index contributed by atoms with van der Waals surface area (Å²) < 4.78 is 1.54. The van der Waals surface area contributed by atoms with Gasteiger partial charge in [0.1, 0.15) is 4.32 Å². The molecule has 1 aliphatic heterocycles. The van der Waals surface area contributed by atoms with Crippen molar-refractivity contribution in [1.82, 2.24) is 4.90 Å². The standard InChI is InChI=1S/C13H10BrNOS2/c1-2-7-15-12(16)11(18-13(15)17)8-9-5-3-4-6-10(9)14/h2-6,8H,1,7H2/b11-8+. The molecular weight excluding hydrogens is 330 g/mol. The number of amides is 1. The Hall–Kier alpha value is -0.910. The smallest absolute Gasteiger partial charge is 0.266 e. The molecular formula is C13H10BrNOS2. The molecule has 0 N–H and O–H groups in total. The van der Waals surface area contributed by atoms with E-state index in [1.807, 2.05) is 30.3 Å². The molecule has 1 aromatic carbocycles. The van der Waals surface area contributed by atoms with Gasteiger partial charge in [-0.15, -0.1) is 6.58 Å². The monoisotopic (exact) mass is 339 g/mol. The van der Waals surface area contributed by atoms with E-state index in [4.69, 9.17) is 12.2 Å². The summed E-state index contributed by atoms with van der Waals surface area (Å²) in [5.74, 6) is -0.0550. The van der Waals surface area contributed by atoms with Crippen LogP contribution in [0.25, 0.3) is 6.08 Å². The van der Waals surface area contributed by atoms with Gasteiger partial charge in [0.2, 0.25) is 0 Å². The molecule has 1 saturated heterocycles. The van der Waals surface area contributed by atoms with E-state index in [1.54, 1.807) is 11.0 Å². The van der Waals surface area contributed by atoms with Crippen molar-refractivity contribution < 1.29 is 4.79 Å². The van der Waals surface area contributed by atoms with Gasteiger partial charge >= 0.3 is 0 Å². The Kier molecular flexibility index (Phi) is 4.37. The summed E-state index contributed by atoms with van der Waals surface area (Å²) in [5, 5.41) is 0. The molecule has 0 bridgehead atoms. The molecule has 0 radical (unpaired) electrons. The van der Waals surface area contributed by atoms with Crippen LogP contribution < -0.4 is 0 Å². The third kappa shape index (κ3) is 2.74. The average molecular weight is 340 g/mol. The van der Waals surface area contributed by atoms with Crippen LogP contribution in [0.5, 0.6) is 0 Å². The first kappa shape index (κ1) is 13.5. The lowest BCUT2D eigenvalue weighted by Gasteiger charge is -2.10. The minimum absolute atomic E-state index is 0.0550. The second-order valence-electron chi connectivity index (χ2n) is 3.60. The van der Waals surface area contributed by atoms with Crippen LogP contribution in [0.4, 0.5) is 0 Å². The van der Waals surface area contributed by atoms with Crippen molar-refractivity contribution in [2.45, 2.75) is 0 Å². The molecule has 18 heavy (non-hydrogen) atoms. The van der Waals surface area contributed by atoms with E-state index < -0.39 is 0 Å². The summed E-state index contributed by atoms with van der Waals surface area (Å²) in [5.41, 5.74) is 0.969. The summed E-state index contributed by atoms with van der Waals surface area (Å²) in [6.07, 6.45) is 3.53. The third-order valence-corrected chi connectivity index (χ3v) is 4.48. The first-order valence-corrected chi connectivity index (χ1v) is 7.26. The van der Waals surface area contributed by atoms with Crippen molar-refractivity contribution in [2.24, 2.45) is 0 Å². The number of carbonyl (C=O) groups excluding carboxylic acids is 1. The van der Waals surface area contributed by atoms with Crippen molar-refractivity contribution in [3.8, 4) is 0 Å². The summed E-state index contributed by atoms with van der Waals surface area (Å²) in [4.78, 5) is 14.3. The Balaban J connectivity index is 2.31. The minimum Gasteiger partial charge on any atom is -0.289 e. The second-order valence-corrected chi connectivity index (χ2v) is 6.13. The zero-order valence-corrected chi connectivity index (χ0v) is 12.6. The number of halogens is 1. The van der Waals surface area contributed by atoms with E-state index in [1.165, 1.54) is 11.8 Å². The Morgan fingerprint density at radius 2 is 2.17 bits per heavy atom. The molecule has 0 saturated carbocycles. The molecule has 0 atom stereocenters. The average Bonchev–Trinajstić information content (AvgIpc) is 2.60. The number of nitrogens with zero attached hydrogens (tertiary/aromatic N) is 1. The Labute approximate surface area is 124 Å². The number of rotatable bonds is 3. The van der Waals surface area contributed by atoms with Crippen molar-refractivity contribution in [2.75, 3.05) is 6.54 Å². The van der Waals surface area contributed by atoms with Crippen LogP contribution in [0, 0.1) is 0 Å². The Bertz CT molecular complexity index is 554. The van der Waals surface area contributed by atoms with Crippen LogP contribution >= 0.6 is 39.9 Å². The molecule has 2 rings (SSSR count). The van der Waals surface area contributed by atoms with Gasteiger partial charge in [-0.2, -0.15) is 0 Å². The molecule has 1 aliphatic rings. The van der Waals surface area contributed by atoms with Gasteiger partial charge in [0.25, 0.3) is 5.91 Å². The number of thiocarbonyl (C=S) groups is 1. The lowest BCUT2D eigenvalue weighted by atomic mass is 10.2. The predicted octanol–water partition coefficient (Wildman–Crippen LogP) is 3.84. The summed E-state index contributed by atoms with van der Waals surface area (Å²) >= 11 is 9.96. The van der Waals surface area contributed by atoms with Gasteiger partial charge < -0.3 is 0 Å². The van der Waals surface area contributed by atoms with Crippen molar-refractivity contribution in [1.29, 1.82) is 0 Å². The fourth-order valence-electron chi connectivity index (χ4n) is 1.52. The maximum absolute atomic E-state index is 12.1. The zero-order valence-electron chi connectivity index (χ0n) is 9.43. The van der Waals surface area contributed by atoms with Crippen molar-refractivity contribution in [3.05, 3.63) is 51.9 Å². The minimum atomic E-state index is -0.0550. The van der Waals surface area contributed by atoms with Crippen LogP contribution in [0.15, 0.2) is 46.3 Å². The topological polar surface area (TPSA) is 20.3 Å². The Morgan fingerprint density at radius 1 is 1.44 bits per heavy atom. The normalized spacial score (nSPS) is 17.6. The summed E-state index contributed by atoms with van der Waals surface area (Å²) in [6.45, 7) is 4.08. The number of hydrogen-bond acceptors (Lipinski definition) is 3. The molecule has 0 aliphatic carbocycles. The zero-order chi connectivity index (χ0) is 13.1. The molecule has 5 heteroatoms. The first-order valence-electron chi connectivity index (χ1n) is 5.24. The van der Waals surface area contributed by atoms with Crippen LogP contribution in [0.2, 0.25) is 0 Å². The van der Waals surface area contributed by atoms with Crippen molar-refractivity contribution >= 4 is 56.2 Å². The van der Waals surface area contributed by atoms with Gasteiger partial charge in [0, 0.05) is 11.0 Å². The maximum Gasteiger partial charge on any atom is 0.266 e. The SMILES string of the molecule is C=CCN1C(=O)/C(=C\c2ccccc2Br)SC1=S. The molecule has 0 aromatic heterocycles. The number of benzene rings is 1. The van der Waals surface area contributed by atoms with Gasteiger partial charge in [-0.05, 0) is 17.7 Å². The quantitative estimate of drug-likeness (QED) is 0.474. The van der Waals surface area contributed by atoms with E-state index in [9.17, 15) is 4.79 Å². The summed E-state index contributed by atoms with van der Waals surface area (Å²) in [6, 6.07) is 7.76. The van der Waals surface area contributed by atoms with Gasteiger partial charge in [-0.3, -0.25) is 9.69 Å². The molecule has 92 valence electrons. The molecule has 1 fully saturated rings. The van der Waals surface area contributed by atoms with E-state index >= 15 is 0 Å². The van der Waals surface area contributed by atoms with Crippen LogP contribution in [0.3, 0.4) is 0 Å². The van der Waals surface area contributed by atoms with Gasteiger partial charge in [0.15, 0.2) is 0 Å².